The van der Waals surface area contributed by atoms with Crippen LogP contribution in [-0.2, 0) is 11.4 Å². The Hall–Kier alpha value is -2.62. The van der Waals surface area contributed by atoms with Crippen LogP contribution in [0.1, 0.15) is 28.9 Å². The largest absolute Gasteiger partial charge is 0.487 e. The highest BCUT2D eigenvalue weighted by Crippen LogP contribution is 2.23. The van der Waals surface area contributed by atoms with Gasteiger partial charge in [0.25, 0.3) is 5.91 Å². The molecule has 1 aromatic carbocycles. The number of carbonyl (C=O) groups is 2. The van der Waals surface area contributed by atoms with Gasteiger partial charge in [0.1, 0.15) is 24.9 Å². The van der Waals surface area contributed by atoms with E-state index in [0.717, 1.165) is 5.69 Å². The first-order chi connectivity index (χ1) is 13.3. The second kappa shape index (κ2) is 8.59. The summed E-state index contributed by atoms with van der Waals surface area (Å²) < 4.78 is 42.6. The predicted octanol–water partition coefficient (Wildman–Crippen LogP) is 3.01. The number of nitrogens with zero attached hydrogens (tertiary/aromatic N) is 2. The first-order valence-electron chi connectivity index (χ1n) is 8.59. The summed E-state index contributed by atoms with van der Waals surface area (Å²) in [6, 6.07) is 5.58. The Morgan fingerprint density at radius 2 is 2.18 bits per heavy atom. The molecule has 1 unspecified atom stereocenters. The van der Waals surface area contributed by atoms with E-state index in [1.165, 1.54) is 16.2 Å². The number of nitrogens with one attached hydrogen (secondary N) is 1. The molecular weight excluding hydrogens is 395 g/mol. The summed E-state index contributed by atoms with van der Waals surface area (Å²) in [5, 5.41) is 3.71. The minimum atomic E-state index is -4.49. The summed E-state index contributed by atoms with van der Waals surface area (Å²) in [6.07, 6.45) is -3.61. The molecule has 10 heteroatoms. The predicted molar refractivity (Wildman–Crippen MR) is 96.0 cm³/mol. The first-order valence-corrected chi connectivity index (χ1v) is 9.53. The molecular formula is C18H18F3N3O3S. The van der Waals surface area contributed by atoms with E-state index < -0.39 is 30.6 Å². The van der Waals surface area contributed by atoms with Crippen LogP contribution in [0.2, 0.25) is 0 Å². The molecule has 3 rings (SSSR count). The molecule has 0 aliphatic carbocycles. The molecule has 1 aliphatic rings. The Kier molecular flexibility index (Phi) is 6.18. The first kappa shape index (κ1) is 20.1. The molecule has 2 heterocycles. The highest BCUT2D eigenvalue weighted by atomic mass is 32.1. The summed E-state index contributed by atoms with van der Waals surface area (Å²) in [5.74, 6) is -0.737. The lowest BCUT2D eigenvalue weighted by Crippen LogP contribution is -2.48. The van der Waals surface area contributed by atoms with E-state index in [4.69, 9.17) is 4.74 Å². The van der Waals surface area contributed by atoms with Crippen LogP contribution in [0.25, 0.3) is 0 Å². The molecule has 0 bridgehead atoms. The number of carbonyl (C=O) groups excluding carboxylic acids is 2. The molecule has 1 fully saturated rings. The van der Waals surface area contributed by atoms with Gasteiger partial charge in [0.15, 0.2) is 0 Å². The lowest BCUT2D eigenvalue weighted by molar-refractivity contribution is -0.140. The van der Waals surface area contributed by atoms with Crippen LogP contribution in [0.15, 0.2) is 35.2 Å². The van der Waals surface area contributed by atoms with Crippen molar-refractivity contribution in [3.63, 3.8) is 0 Å². The van der Waals surface area contributed by atoms with Crippen LogP contribution < -0.4 is 10.1 Å². The maximum absolute atomic E-state index is 12.8. The van der Waals surface area contributed by atoms with Gasteiger partial charge in [-0.1, -0.05) is 6.07 Å². The third kappa shape index (κ3) is 5.22. The molecule has 150 valence electrons. The second-order valence-electron chi connectivity index (χ2n) is 6.29. The molecule has 0 spiro atoms. The van der Waals surface area contributed by atoms with Gasteiger partial charge in [0, 0.05) is 17.5 Å². The number of hydrogen-bond acceptors (Lipinski definition) is 5. The number of amides is 2. The molecule has 1 atom stereocenters. The molecule has 1 aliphatic heterocycles. The zero-order valence-electron chi connectivity index (χ0n) is 14.7. The van der Waals surface area contributed by atoms with Crippen molar-refractivity contribution in [2.24, 2.45) is 0 Å². The third-order valence-electron chi connectivity index (χ3n) is 4.23. The van der Waals surface area contributed by atoms with E-state index in [1.54, 1.807) is 29.8 Å². The van der Waals surface area contributed by atoms with Gasteiger partial charge >= 0.3 is 6.18 Å². The van der Waals surface area contributed by atoms with Crippen molar-refractivity contribution in [3.05, 3.63) is 46.4 Å². The van der Waals surface area contributed by atoms with Crippen LogP contribution in [0.3, 0.4) is 0 Å². The molecule has 1 N–H and O–H groups in total. The number of likely N-dealkylation sites (tertiary alicyclic amines) is 1. The molecule has 2 amide bonds. The third-order valence-corrected chi connectivity index (χ3v) is 4.87. The van der Waals surface area contributed by atoms with E-state index in [1.807, 2.05) is 10.7 Å². The molecule has 1 saturated heterocycles. The number of benzene rings is 1. The fourth-order valence-corrected chi connectivity index (χ4v) is 3.48. The summed E-state index contributed by atoms with van der Waals surface area (Å²) >= 11 is 1.45. The Morgan fingerprint density at radius 3 is 2.89 bits per heavy atom. The smallest absolute Gasteiger partial charge is 0.405 e. The Labute approximate surface area is 163 Å². The van der Waals surface area contributed by atoms with Gasteiger partial charge in [-0.25, -0.2) is 4.98 Å². The van der Waals surface area contributed by atoms with Gasteiger partial charge in [-0.3, -0.25) is 9.59 Å². The fraction of sp³-hybridized carbons (Fsp3) is 0.389. The summed E-state index contributed by atoms with van der Waals surface area (Å²) in [6.45, 7) is -0.843. The lowest BCUT2D eigenvalue weighted by atomic mass is 10.1. The van der Waals surface area contributed by atoms with E-state index in [9.17, 15) is 22.8 Å². The maximum atomic E-state index is 12.8. The van der Waals surface area contributed by atoms with Crippen LogP contribution in [0, 0.1) is 0 Å². The van der Waals surface area contributed by atoms with Gasteiger partial charge in [-0.2, -0.15) is 13.2 Å². The van der Waals surface area contributed by atoms with Crippen molar-refractivity contribution >= 4 is 23.2 Å². The van der Waals surface area contributed by atoms with Crippen LogP contribution >= 0.6 is 11.3 Å². The van der Waals surface area contributed by atoms with Crippen molar-refractivity contribution in [1.29, 1.82) is 0 Å². The number of rotatable bonds is 6. The topological polar surface area (TPSA) is 71.5 Å². The van der Waals surface area contributed by atoms with Gasteiger partial charge in [0.2, 0.25) is 5.91 Å². The Morgan fingerprint density at radius 1 is 1.36 bits per heavy atom. The number of hydrogen-bond donors (Lipinski definition) is 1. The van der Waals surface area contributed by atoms with Gasteiger partial charge < -0.3 is 15.0 Å². The fourth-order valence-electron chi connectivity index (χ4n) is 2.94. The number of ether oxygens (including phenoxy) is 1. The van der Waals surface area contributed by atoms with Gasteiger partial charge in [0.05, 0.1) is 11.2 Å². The van der Waals surface area contributed by atoms with Gasteiger partial charge in [-0.05, 0) is 31.0 Å². The normalized spacial score (nSPS) is 16.8. The minimum absolute atomic E-state index is 0.257. The zero-order chi connectivity index (χ0) is 20.1. The minimum Gasteiger partial charge on any atom is -0.487 e. The van der Waals surface area contributed by atoms with E-state index >= 15 is 0 Å². The Bertz CT molecular complexity index is 827. The van der Waals surface area contributed by atoms with E-state index in [0.29, 0.717) is 30.7 Å². The SMILES string of the molecule is O=C(NCC(F)(F)F)C1CCCN1C(=O)c1cccc(OCc2cscn2)c1. The van der Waals surface area contributed by atoms with Gasteiger partial charge in [-0.15, -0.1) is 11.3 Å². The summed E-state index contributed by atoms with van der Waals surface area (Å²) in [5.41, 5.74) is 2.77. The molecule has 0 radical (unpaired) electrons. The average molecular weight is 413 g/mol. The molecule has 1 aromatic heterocycles. The van der Waals surface area contributed by atoms with Crippen molar-refractivity contribution in [3.8, 4) is 5.75 Å². The van der Waals surface area contributed by atoms with Crippen LogP contribution in [0.5, 0.6) is 5.75 Å². The van der Waals surface area contributed by atoms with Crippen molar-refractivity contribution in [2.75, 3.05) is 13.1 Å². The number of alkyl halides is 3. The monoisotopic (exact) mass is 413 g/mol. The quantitative estimate of drug-likeness (QED) is 0.790. The van der Waals surface area contributed by atoms with Crippen molar-refractivity contribution < 1.29 is 27.5 Å². The summed E-state index contributed by atoms with van der Waals surface area (Å²) in [7, 11) is 0. The molecule has 0 saturated carbocycles. The number of thiazole rings is 1. The zero-order valence-corrected chi connectivity index (χ0v) is 15.6. The standard InChI is InChI=1S/C18H18F3N3O3S/c19-18(20,21)10-22-16(25)15-5-2-6-24(15)17(26)12-3-1-4-14(7-12)27-8-13-9-28-11-23-13/h1,3-4,7,9,11,15H,2,5-6,8,10H2,(H,22,25). The van der Waals surface area contributed by atoms with E-state index in [-0.39, 0.29) is 6.61 Å². The second-order valence-corrected chi connectivity index (χ2v) is 7.00. The highest BCUT2D eigenvalue weighted by Gasteiger charge is 2.36. The Balaban J connectivity index is 1.65. The maximum Gasteiger partial charge on any atom is 0.405 e. The number of aromatic nitrogens is 1. The van der Waals surface area contributed by atoms with Crippen LogP contribution in [0.4, 0.5) is 13.2 Å². The molecule has 2 aromatic rings. The van der Waals surface area contributed by atoms with Crippen molar-refractivity contribution in [2.45, 2.75) is 31.7 Å². The lowest BCUT2D eigenvalue weighted by Gasteiger charge is -2.24. The van der Waals surface area contributed by atoms with E-state index in [2.05, 4.69) is 4.98 Å². The average Bonchev–Trinajstić information content (AvgIpc) is 3.35. The van der Waals surface area contributed by atoms with Crippen molar-refractivity contribution in [1.82, 2.24) is 15.2 Å². The van der Waals surface area contributed by atoms with Crippen LogP contribution in [-0.4, -0.2) is 47.0 Å². The number of halogens is 3. The highest BCUT2D eigenvalue weighted by molar-refractivity contribution is 7.07. The summed E-state index contributed by atoms with van der Waals surface area (Å²) in [4.78, 5) is 30.3. The molecule has 6 nitrogen and oxygen atoms in total. The molecule has 28 heavy (non-hydrogen) atoms.